The number of aromatic nitrogens is 1. The smallest absolute Gasteiger partial charge is 0.183 e. The lowest BCUT2D eigenvalue weighted by Gasteiger charge is -2.25. The second kappa shape index (κ2) is 6.52. The number of hydrogen-bond acceptors (Lipinski definition) is 2. The average Bonchev–Trinajstić information content (AvgIpc) is 2.74. The van der Waals surface area contributed by atoms with E-state index in [4.69, 9.17) is 0 Å². The van der Waals surface area contributed by atoms with Gasteiger partial charge >= 0.3 is 0 Å². The molecule has 0 aliphatic carbocycles. The van der Waals surface area contributed by atoms with Gasteiger partial charge in [-0.2, -0.15) is 0 Å². The minimum atomic E-state index is -0.0258. The van der Waals surface area contributed by atoms with Crippen LogP contribution >= 0.6 is 15.9 Å². The van der Waals surface area contributed by atoms with E-state index in [0.29, 0.717) is 6.54 Å². The molecule has 0 radical (unpaired) electrons. The summed E-state index contributed by atoms with van der Waals surface area (Å²) in [5.41, 5.74) is 5.05. The fourth-order valence-electron chi connectivity index (χ4n) is 3.06. The number of Topliss-reactive ketones (excluding diaryl/α,β-unsaturated/α-hetero) is 1. The molecule has 1 aromatic carbocycles. The van der Waals surface area contributed by atoms with Gasteiger partial charge in [-0.1, -0.05) is 22.0 Å². The molecule has 0 fully saturated rings. The number of hydrogen-bond donors (Lipinski definition) is 1. The van der Waals surface area contributed by atoms with Crippen LogP contribution in [0.1, 0.15) is 48.1 Å². The van der Waals surface area contributed by atoms with E-state index in [2.05, 4.69) is 53.5 Å². The molecule has 0 atom stereocenters. The highest BCUT2D eigenvalue weighted by molar-refractivity contribution is 9.10. The first kappa shape index (κ1) is 17.8. The largest absolute Gasteiger partial charge is 0.378 e. The topological polar surface area (TPSA) is 34.0 Å². The molecule has 2 rings (SSSR count). The van der Waals surface area contributed by atoms with Gasteiger partial charge in [0, 0.05) is 32.7 Å². The molecule has 23 heavy (non-hydrogen) atoms. The summed E-state index contributed by atoms with van der Waals surface area (Å²) in [6.45, 7) is 12.9. The van der Waals surface area contributed by atoms with Crippen LogP contribution in [0.15, 0.2) is 28.7 Å². The molecule has 4 heteroatoms. The van der Waals surface area contributed by atoms with E-state index < -0.39 is 0 Å². The highest BCUT2D eigenvalue weighted by Gasteiger charge is 2.22. The van der Waals surface area contributed by atoms with E-state index in [9.17, 15) is 4.79 Å². The predicted octanol–water partition coefficient (Wildman–Crippen LogP) is 5.23. The lowest BCUT2D eigenvalue weighted by atomic mass is 10.1. The second-order valence-electron chi connectivity index (χ2n) is 7.03. The summed E-state index contributed by atoms with van der Waals surface area (Å²) in [4.78, 5) is 12.6. The number of nitrogens with zero attached hydrogens (tertiary/aromatic N) is 1. The van der Waals surface area contributed by atoms with Crippen molar-refractivity contribution in [2.45, 2.75) is 47.1 Å². The number of aryl methyl sites for hydroxylation is 2. The van der Waals surface area contributed by atoms with Crippen molar-refractivity contribution < 1.29 is 4.79 Å². The second-order valence-corrected chi connectivity index (χ2v) is 7.89. The van der Waals surface area contributed by atoms with Crippen molar-refractivity contribution in [2.24, 2.45) is 0 Å². The normalized spacial score (nSPS) is 11.6. The van der Waals surface area contributed by atoms with Crippen LogP contribution < -0.4 is 5.32 Å². The Balaban J connectivity index is 2.17. The Morgan fingerprint density at radius 2 is 1.83 bits per heavy atom. The van der Waals surface area contributed by atoms with Gasteiger partial charge in [0.05, 0.1) is 6.54 Å². The fourth-order valence-corrected chi connectivity index (χ4v) is 3.44. The van der Waals surface area contributed by atoms with E-state index in [1.54, 1.807) is 0 Å². The van der Waals surface area contributed by atoms with Crippen LogP contribution in [0, 0.1) is 20.8 Å². The lowest BCUT2D eigenvalue weighted by molar-refractivity contribution is 0.101. The van der Waals surface area contributed by atoms with Crippen LogP contribution in [0.4, 0.5) is 5.69 Å². The third-order valence-corrected chi connectivity index (χ3v) is 4.88. The third kappa shape index (κ3) is 3.86. The Morgan fingerprint density at radius 3 is 2.35 bits per heavy atom. The van der Waals surface area contributed by atoms with Gasteiger partial charge in [0.15, 0.2) is 5.78 Å². The lowest BCUT2D eigenvalue weighted by Crippen LogP contribution is -2.24. The summed E-state index contributed by atoms with van der Waals surface area (Å²) in [5.74, 6) is 0.116. The monoisotopic (exact) mass is 376 g/mol. The highest BCUT2D eigenvalue weighted by atomic mass is 79.9. The summed E-state index contributed by atoms with van der Waals surface area (Å²) < 4.78 is 3.27. The Hall–Kier alpha value is -1.55. The van der Waals surface area contributed by atoms with E-state index in [-0.39, 0.29) is 11.3 Å². The van der Waals surface area contributed by atoms with Crippen LogP contribution in [0.25, 0.3) is 0 Å². The Kier molecular flexibility index (Phi) is 5.04. The standard InChI is InChI=1S/C19H25BrN2O/c1-12-7-8-15(10-17(12)20)21-11-18(23)16-9-13(2)22(14(16)3)19(4,5)6/h7-10,21H,11H2,1-6H3. The van der Waals surface area contributed by atoms with Crippen molar-refractivity contribution in [3.8, 4) is 0 Å². The molecule has 0 saturated carbocycles. The molecule has 0 spiro atoms. The molecular formula is C19H25BrN2O. The van der Waals surface area contributed by atoms with Crippen LogP contribution in [-0.2, 0) is 5.54 Å². The summed E-state index contributed by atoms with van der Waals surface area (Å²) in [7, 11) is 0. The minimum Gasteiger partial charge on any atom is -0.378 e. The number of anilines is 1. The summed E-state index contributed by atoms with van der Waals surface area (Å²) >= 11 is 3.52. The molecule has 0 aliphatic rings. The number of nitrogens with one attached hydrogen (secondary N) is 1. The summed E-state index contributed by atoms with van der Waals surface area (Å²) in [6.07, 6.45) is 0. The third-order valence-electron chi connectivity index (χ3n) is 4.03. The van der Waals surface area contributed by atoms with Crippen LogP contribution in [0.2, 0.25) is 0 Å². The maximum Gasteiger partial charge on any atom is 0.183 e. The van der Waals surface area contributed by atoms with Crippen LogP contribution in [0.3, 0.4) is 0 Å². The first-order chi connectivity index (χ1) is 10.6. The van der Waals surface area contributed by atoms with Crippen molar-refractivity contribution in [3.05, 3.63) is 51.3 Å². The molecule has 0 unspecified atom stereocenters. The Bertz CT molecular complexity index is 739. The maximum atomic E-state index is 12.6. The molecule has 0 bridgehead atoms. The summed E-state index contributed by atoms with van der Waals surface area (Å²) in [6, 6.07) is 8.02. The number of carbonyl (C=O) groups excluding carboxylic acids is 1. The number of carbonyl (C=O) groups is 1. The SMILES string of the molecule is Cc1ccc(NCC(=O)c2cc(C)n(C(C)(C)C)c2C)cc1Br. The number of halogens is 1. The minimum absolute atomic E-state index is 0.0258. The quantitative estimate of drug-likeness (QED) is 0.741. The molecular weight excluding hydrogens is 352 g/mol. The van der Waals surface area contributed by atoms with E-state index in [1.807, 2.05) is 38.1 Å². The van der Waals surface area contributed by atoms with Gasteiger partial charge in [-0.15, -0.1) is 0 Å². The number of ketones is 1. The Morgan fingerprint density at radius 1 is 1.17 bits per heavy atom. The van der Waals surface area contributed by atoms with Gasteiger partial charge in [0.25, 0.3) is 0 Å². The molecule has 1 aromatic heterocycles. The maximum absolute atomic E-state index is 12.6. The number of benzene rings is 1. The van der Waals surface area contributed by atoms with E-state index >= 15 is 0 Å². The van der Waals surface area contributed by atoms with Crippen molar-refractivity contribution in [2.75, 3.05) is 11.9 Å². The van der Waals surface area contributed by atoms with Crippen LogP contribution in [-0.4, -0.2) is 16.9 Å². The zero-order valence-electron chi connectivity index (χ0n) is 14.7. The van der Waals surface area contributed by atoms with Gasteiger partial charge in [-0.25, -0.2) is 0 Å². The zero-order valence-corrected chi connectivity index (χ0v) is 16.3. The van der Waals surface area contributed by atoms with Crippen LogP contribution in [0.5, 0.6) is 0 Å². The molecule has 0 amide bonds. The van der Waals surface area contributed by atoms with Gasteiger partial charge in [-0.3, -0.25) is 4.79 Å². The predicted molar refractivity (Wildman–Crippen MR) is 101 cm³/mol. The highest BCUT2D eigenvalue weighted by Crippen LogP contribution is 2.25. The first-order valence-corrected chi connectivity index (χ1v) is 8.63. The molecule has 0 aliphatic heterocycles. The number of rotatable bonds is 4. The molecule has 2 aromatic rings. The average molecular weight is 377 g/mol. The van der Waals surface area contributed by atoms with Gasteiger partial charge in [-0.05, 0) is 65.3 Å². The van der Waals surface area contributed by atoms with Gasteiger partial charge in [0.1, 0.15) is 0 Å². The van der Waals surface area contributed by atoms with E-state index in [0.717, 1.165) is 27.1 Å². The zero-order chi connectivity index (χ0) is 17.4. The molecule has 124 valence electrons. The van der Waals surface area contributed by atoms with Crippen molar-refractivity contribution >= 4 is 27.4 Å². The van der Waals surface area contributed by atoms with Crippen molar-refractivity contribution in [1.82, 2.24) is 4.57 Å². The molecule has 1 N–H and O–H groups in total. The molecule has 0 saturated heterocycles. The summed E-state index contributed by atoms with van der Waals surface area (Å²) in [5, 5.41) is 3.22. The van der Waals surface area contributed by atoms with E-state index in [1.165, 1.54) is 5.56 Å². The van der Waals surface area contributed by atoms with Crippen molar-refractivity contribution in [1.29, 1.82) is 0 Å². The molecule has 1 heterocycles. The molecule has 3 nitrogen and oxygen atoms in total. The van der Waals surface area contributed by atoms with Gasteiger partial charge in [0.2, 0.25) is 0 Å². The van der Waals surface area contributed by atoms with Gasteiger partial charge < -0.3 is 9.88 Å². The fraction of sp³-hybridized carbons (Fsp3) is 0.421. The first-order valence-electron chi connectivity index (χ1n) is 7.84. The Labute approximate surface area is 147 Å². The van der Waals surface area contributed by atoms with Crippen molar-refractivity contribution in [3.63, 3.8) is 0 Å².